The molecule has 0 N–H and O–H groups in total. The number of nitrogens with zero attached hydrogens (tertiary/aromatic N) is 3. The summed E-state index contributed by atoms with van der Waals surface area (Å²) in [4.78, 5) is 16.0. The van der Waals surface area contributed by atoms with Crippen molar-refractivity contribution in [1.29, 1.82) is 0 Å². The van der Waals surface area contributed by atoms with Crippen molar-refractivity contribution in [3.05, 3.63) is 82.2 Å². The summed E-state index contributed by atoms with van der Waals surface area (Å²) in [5, 5.41) is 4.00. The average molecular weight is 568 g/mol. The molecule has 222 valence electrons. The first-order valence-corrected chi connectivity index (χ1v) is 14.3. The molecule has 2 aliphatic rings. The van der Waals surface area contributed by atoms with E-state index in [2.05, 4.69) is 10.0 Å². The first-order valence-electron chi connectivity index (χ1n) is 14.3. The third-order valence-corrected chi connectivity index (χ3v) is 8.04. The Kier molecular flexibility index (Phi) is 11.2. The van der Waals surface area contributed by atoms with Gasteiger partial charge in [0.1, 0.15) is 6.10 Å². The number of rotatable bonds is 11. The zero-order valence-corrected chi connectivity index (χ0v) is 24.4. The number of esters is 1. The molecule has 2 aliphatic heterocycles. The summed E-state index contributed by atoms with van der Waals surface area (Å²) in [7, 11) is 1.34. The van der Waals surface area contributed by atoms with Crippen molar-refractivity contribution >= 4 is 5.97 Å². The van der Waals surface area contributed by atoms with Gasteiger partial charge in [0.05, 0.1) is 50.8 Å². The Morgan fingerprint density at radius 3 is 2.00 bits per heavy atom. The number of benzene rings is 2. The maximum absolute atomic E-state index is 12.9. The van der Waals surface area contributed by atoms with E-state index in [0.29, 0.717) is 19.6 Å². The Bertz CT molecular complexity index is 1150. The first-order chi connectivity index (χ1) is 19.9. The van der Waals surface area contributed by atoms with Crippen LogP contribution in [-0.2, 0) is 46.4 Å². The molecular weight excluding hydrogens is 526 g/mol. The van der Waals surface area contributed by atoms with Crippen LogP contribution in [0.25, 0.3) is 10.4 Å². The monoisotopic (exact) mass is 567 g/mol. The number of ether oxygens (including phenoxy) is 6. The van der Waals surface area contributed by atoms with E-state index in [9.17, 15) is 10.3 Å². The topological polar surface area (TPSA) is 121 Å². The summed E-state index contributed by atoms with van der Waals surface area (Å²) in [6.45, 7) is 8.41. The lowest BCUT2D eigenvalue weighted by Gasteiger charge is -2.48. The van der Waals surface area contributed by atoms with Gasteiger partial charge in [0, 0.05) is 10.8 Å². The fourth-order valence-electron chi connectivity index (χ4n) is 5.77. The van der Waals surface area contributed by atoms with Crippen LogP contribution in [0.2, 0.25) is 0 Å². The van der Waals surface area contributed by atoms with Crippen molar-refractivity contribution in [2.45, 2.75) is 96.3 Å². The van der Waals surface area contributed by atoms with Gasteiger partial charge in [-0.15, -0.1) is 0 Å². The van der Waals surface area contributed by atoms with E-state index in [1.165, 1.54) is 7.11 Å². The number of carbonyl (C=O) groups is 1. The van der Waals surface area contributed by atoms with Gasteiger partial charge in [0.2, 0.25) is 0 Å². The van der Waals surface area contributed by atoms with Gasteiger partial charge in [-0.25, -0.2) is 4.79 Å². The predicted octanol–water partition coefficient (Wildman–Crippen LogP) is 5.59. The minimum atomic E-state index is -0.981. The second-order valence-electron chi connectivity index (χ2n) is 10.8. The molecule has 0 aromatic heterocycles. The number of carbonyl (C=O) groups excluding carboxylic acids is 1. The Hall–Kier alpha value is -2.98. The maximum Gasteiger partial charge on any atom is 0.335 e. The van der Waals surface area contributed by atoms with Crippen LogP contribution < -0.4 is 0 Å². The fourth-order valence-corrected chi connectivity index (χ4v) is 5.77. The minimum Gasteiger partial charge on any atom is -0.467 e. The zero-order chi connectivity index (χ0) is 29.4. The van der Waals surface area contributed by atoms with Gasteiger partial charge in [-0.2, -0.15) is 0 Å². The molecule has 4 unspecified atom stereocenters. The van der Waals surface area contributed by atoms with E-state index in [1.54, 1.807) is 0 Å². The molecule has 4 rings (SSSR count). The van der Waals surface area contributed by atoms with Crippen molar-refractivity contribution < 1.29 is 33.2 Å². The van der Waals surface area contributed by atoms with E-state index in [-0.39, 0.29) is 18.1 Å². The van der Waals surface area contributed by atoms with Crippen LogP contribution in [0.5, 0.6) is 0 Å². The second-order valence-corrected chi connectivity index (χ2v) is 10.8. The van der Waals surface area contributed by atoms with Crippen LogP contribution in [-0.4, -0.2) is 62.0 Å². The summed E-state index contributed by atoms with van der Waals surface area (Å²) in [6.07, 6.45) is -3.52. The van der Waals surface area contributed by atoms with E-state index in [4.69, 9.17) is 28.4 Å². The average Bonchev–Trinajstić information content (AvgIpc) is 3.00. The summed E-state index contributed by atoms with van der Waals surface area (Å²) in [5.74, 6) is -1.09. The van der Waals surface area contributed by atoms with Crippen LogP contribution in [0.4, 0.5) is 0 Å². The quantitative estimate of drug-likeness (QED) is 0.150. The molecule has 2 aromatic rings. The van der Waals surface area contributed by atoms with Crippen molar-refractivity contribution in [3.63, 3.8) is 0 Å². The molecule has 0 spiro atoms. The third kappa shape index (κ3) is 7.46. The molecule has 0 radical (unpaired) electrons. The predicted molar refractivity (Wildman–Crippen MR) is 151 cm³/mol. The molecule has 10 atom stereocenters. The van der Waals surface area contributed by atoms with Gasteiger partial charge < -0.3 is 28.4 Å². The summed E-state index contributed by atoms with van der Waals surface area (Å²) in [5.41, 5.74) is 11.2. The number of azide groups is 1. The minimum absolute atomic E-state index is 0.183. The van der Waals surface area contributed by atoms with Gasteiger partial charge in [-0.3, -0.25) is 0 Å². The normalized spacial score (nSPS) is 33.5. The van der Waals surface area contributed by atoms with Gasteiger partial charge in [-0.1, -0.05) is 86.5 Å². The smallest absolute Gasteiger partial charge is 0.335 e. The summed E-state index contributed by atoms with van der Waals surface area (Å²) < 4.78 is 37.4. The van der Waals surface area contributed by atoms with Crippen LogP contribution >= 0.6 is 0 Å². The van der Waals surface area contributed by atoms with Gasteiger partial charge >= 0.3 is 5.97 Å². The molecule has 10 heteroatoms. The lowest BCUT2D eigenvalue weighted by Crippen LogP contribution is -2.61. The Balaban J connectivity index is 1.66. The summed E-state index contributed by atoms with van der Waals surface area (Å²) in [6, 6.07) is 19.2. The van der Waals surface area contributed by atoms with E-state index >= 15 is 0 Å². The van der Waals surface area contributed by atoms with Crippen LogP contribution in [0.3, 0.4) is 0 Å². The molecule has 10 nitrogen and oxygen atoms in total. The molecule has 2 heterocycles. The van der Waals surface area contributed by atoms with Crippen LogP contribution in [0, 0.1) is 11.8 Å². The Morgan fingerprint density at radius 2 is 1.46 bits per heavy atom. The highest BCUT2D eigenvalue weighted by atomic mass is 16.7. The van der Waals surface area contributed by atoms with Crippen molar-refractivity contribution in [2.24, 2.45) is 17.0 Å². The fraction of sp³-hybridized carbons (Fsp3) is 0.581. The highest BCUT2D eigenvalue weighted by molar-refractivity contribution is 5.75. The van der Waals surface area contributed by atoms with Gasteiger partial charge in [-0.05, 0) is 35.9 Å². The Morgan fingerprint density at radius 1 is 0.878 bits per heavy atom. The van der Waals surface area contributed by atoms with Crippen LogP contribution in [0.1, 0.15) is 45.2 Å². The molecule has 0 amide bonds. The number of hydrogen-bond acceptors (Lipinski definition) is 8. The van der Waals surface area contributed by atoms with Crippen molar-refractivity contribution in [1.82, 2.24) is 0 Å². The van der Waals surface area contributed by atoms with Crippen LogP contribution in [0.15, 0.2) is 65.8 Å². The van der Waals surface area contributed by atoms with Gasteiger partial charge in [0.15, 0.2) is 12.4 Å². The molecule has 0 aliphatic carbocycles. The molecule has 2 fully saturated rings. The van der Waals surface area contributed by atoms with E-state index < -0.39 is 48.6 Å². The standard InChI is InChI=1S/C31H41N3O7/c1-6-24-26(19(2)25(33-34-32)21(4)39-24)40-31-29(38-18-23-15-11-8-12-16-23)27(20(3)28(41-31)30(35)36-5)37-17-22-13-9-7-10-14-22/h7-16,19-21,24-29,31H,6,17-18H2,1-5H3/t19-,20+,21+,24?,25?,26+,27+,28?,29?,31-/m1/s1. The third-order valence-electron chi connectivity index (χ3n) is 8.04. The first kappa shape index (κ1) is 31.0. The molecule has 2 aromatic carbocycles. The lowest BCUT2D eigenvalue weighted by atomic mass is 9.85. The molecule has 2 saturated heterocycles. The molecule has 41 heavy (non-hydrogen) atoms. The second kappa shape index (κ2) is 14.8. The molecule has 0 bridgehead atoms. The number of methoxy groups -OCH3 is 1. The van der Waals surface area contributed by atoms with E-state index in [0.717, 1.165) is 11.1 Å². The van der Waals surface area contributed by atoms with E-state index in [1.807, 2.05) is 88.4 Å². The number of hydrogen-bond donors (Lipinski definition) is 0. The van der Waals surface area contributed by atoms with Crippen molar-refractivity contribution in [2.75, 3.05) is 7.11 Å². The van der Waals surface area contributed by atoms with Crippen molar-refractivity contribution in [3.8, 4) is 0 Å². The SMILES string of the molecule is CCC1O[C@@H](C)C(N=[N+]=[N-])[C@@H](C)[C@@H]1O[C@@H]1OC(C(=O)OC)[C@@H](C)[C@H](OCc2ccccc2)C1OCc1ccccc1. The highest BCUT2D eigenvalue weighted by Gasteiger charge is 2.52. The Labute approximate surface area is 241 Å². The lowest BCUT2D eigenvalue weighted by molar-refractivity contribution is -0.329. The van der Waals surface area contributed by atoms with Gasteiger partial charge in [0.25, 0.3) is 0 Å². The zero-order valence-electron chi connectivity index (χ0n) is 24.4. The highest BCUT2D eigenvalue weighted by Crippen LogP contribution is 2.38. The largest absolute Gasteiger partial charge is 0.467 e. The molecular formula is C31H41N3O7. The molecule has 0 saturated carbocycles. The summed E-state index contributed by atoms with van der Waals surface area (Å²) >= 11 is 0. The maximum atomic E-state index is 12.9.